The highest BCUT2D eigenvalue weighted by atomic mass is 16.6. The van der Waals surface area contributed by atoms with Crippen molar-refractivity contribution in [1.29, 1.82) is 0 Å². The van der Waals surface area contributed by atoms with Crippen molar-refractivity contribution in [2.24, 2.45) is 0 Å². The second-order valence-electron chi connectivity index (χ2n) is 5.22. The highest BCUT2D eigenvalue weighted by molar-refractivity contribution is 5.94. The number of hydrogen-bond acceptors (Lipinski definition) is 5. The third-order valence-corrected chi connectivity index (χ3v) is 3.44. The zero-order valence-corrected chi connectivity index (χ0v) is 13.5. The molecule has 0 unspecified atom stereocenters. The van der Waals surface area contributed by atoms with Crippen LogP contribution >= 0.6 is 0 Å². The molecule has 24 heavy (non-hydrogen) atoms. The molecule has 1 aliphatic heterocycles. The number of amides is 1. The van der Waals surface area contributed by atoms with E-state index in [2.05, 4.69) is 10.6 Å². The number of hydrogen-bond donors (Lipinski definition) is 2. The van der Waals surface area contributed by atoms with Crippen LogP contribution in [0, 0.1) is 0 Å². The van der Waals surface area contributed by atoms with Crippen molar-refractivity contribution in [3.05, 3.63) is 42.5 Å². The SMILES string of the molecule is CCOc1ccc(NCC(=O)Nc2ccc3c(c2)OCCO3)cc1. The van der Waals surface area contributed by atoms with E-state index in [0.717, 1.165) is 11.4 Å². The molecule has 0 fully saturated rings. The van der Waals surface area contributed by atoms with Gasteiger partial charge in [0.25, 0.3) is 0 Å². The zero-order chi connectivity index (χ0) is 16.8. The van der Waals surface area contributed by atoms with E-state index in [1.54, 1.807) is 18.2 Å². The van der Waals surface area contributed by atoms with E-state index in [4.69, 9.17) is 14.2 Å². The minimum atomic E-state index is -0.138. The van der Waals surface area contributed by atoms with E-state index in [1.165, 1.54) is 0 Å². The van der Waals surface area contributed by atoms with E-state index in [0.29, 0.717) is 37.0 Å². The first-order chi connectivity index (χ1) is 11.7. The Morgan fingerprint density at radius 2 is 1.75 bits per heavy atom. The number of ether oxygens (including phenoxy) is 3. The average molecular weight is 328 g/mol. The predicted octanol–water partition coefficient (Wildman–Crippen LogP) is 2.91. The van der Waals surface area contributed by atoms with E-state index in [9.17, 15) is 4.79 Å². The summed E-state index contributed by atoms with van der Waals surface area (Å²) >= 11 is 0. The molecular formula is C18H20N2O4. The molecule has 1 aliphatic rings. The van der Waals surface area contributed by atoms with Gasteiger partial charge in [-0.2, -0.15) is 0 Å². The van der Waals surface area contributed by atoms with Gasteiger partial charge in [-0.15, -0.1) is 0 Å². The molecule has 126 valence electrons. The van der Waals surface area contributed by atoms with Crippen LogP contribution in [0.1, 0.15) is 6.92 Å². The van der Waals surface area contributed by atoms with Crippen molar-refractivity contribution < 1.29 is 19.0 Å². The smallest absolute Gasteiger partial charge is 0.243 e. The van der Waals surface area contributed by atoms with Crippen molar-refractivity contribution in [2.75, 3.05) is 37.0 Å². The Bertz CT molecular complexity index is 701. The molecule has 2 N–H and O–H groups in total. The Balaban J connectivity index is 1.52. The zero-order valence-electron chi connectivity index (χ0n) is 13.5. The summed E-state index contributed by atoms with van der Waals surface area (Å²) in [5.74, 6) is 2.02. The summed E-state index contributed by atoms with van der Waals surface area (Å²) in [6.07, 6.45) is 0. The second kappa shape index (κ2) is 7.59. The van der Waals surface area contributed by atoms with Crippen molar-refractivity contribution in [3.63, 3.8) is 0 Å². The average Bonchev–Trinajstić information content (AvgIpc) is 2.61. The minimum Gasteiger partial charge on any atom is -0.494 e. The second-order valence-corrected chi connectivity index (χ2v) is 5.22. The van der Waals surface area contributed by atoms with Gasteiger partial charge in [-0.05, 0) is 43.3 Å². The van der Waals surface area contributed by atoms with Gasteiger partial charge in [0.05, 0.1) is 13.2 Å². The summed E-state index contributed by atoms with van der Waals surface area (Å²) in [5.41, 5.74) is 1.54. The summed E-state index contributed by atoms with van der Waals surface area (Å²) in [4.78, 5) is 12.1. The lowest BCUT2D eigenvalue weighted by Gasteiger charge is -2.19. The summed E-state index contributed by atoms with van der Waals surface area (Å²) in [5, 5.41) is 5.91. The molecule has 1 amide bonds. The molecular weight excluding hydrogens is 308 g/mol. The maximum Gasteiger partial charge on any atom is 0.243 e. The lowest BCUT2D eigenvalue weighted by atomic mass is 10.2. The number of carbonyl (C=O) groups is 1. The van der Waals surface area contributed by atoms with Crippen LogP contribution in [-0.2, 0) is 4.79 Å². The minimum absolute atomic E-state index is 0.138. The van der Waals surface area contributed by atoms with Gasteiger partial charge in [0.2, 0.25) is 5.91 Å². The van der Waals surface area contributed by atoms with Crippen LogP contribution in [0.5, 0.6) is 17.2 Å². The van der Waals surface area contributed by atoms with Crippen LogP contribution in [0.2, 0.25) is 0 Å². The largest absolute Gasteiger partial charge is 0.494 e. The van der Waals surface area contributed by atoms with Crippen LogP contribution in [0.3, 0.4) is 0 Å². The number of carbonyl (C=O) groups excluding carboxylic acids is 1. The molecule has 0 radical (unpaired) electrons. The lowest BCUT2D eigenvalue weighted by Crippen LogP contribution is -2.22. The predicted molar refractivity (Wildman–Crippen MR) is 92.2 cm³/mol. The summed E-state index contributed by atoms with van der Waals surface area (Å²) < 4.78 is 16.3. The van der Waals surface area contributed by atoms with Crippen LogP contribution in [0.25, 0.3) is 0 Å². The molecule has 0 bridgehead atoms. The van der Waals surface area contributed by atoms with Gasteiger partial charge in [-0.25, -0.2) is 0 Å². The molecule has 6 heteroatoms. The van der Waals surface area contributed by atoms with Crippen LogP contribution in [-0.4, -0.2) is 32.3 Å². The molecule has 0 saturated carbocycles. The summed E-state index contributed by atoms with van der Waals surface area (Å²) in [7, 11) is 0. The van der Waals surface area contributed by atoms with Gasteiger partial charge in [-0.1, -0.05) is 0 Å². The maximum absolute atomic E-state index is 12.1. The van der Waals surface area contributed by atoms with Crippen LogP contribution in [0.4, 0.5) is 11.4 Å². The molecule has 0 spiro atoms. The van der Waals surface area contributed by atoms with Crippen molar-refractivity contribution in [2.45, 2.75) is 6.92 Å². The first-order valence-electron chi connectivity index (χ1n) is 7.91. The van der Waals surface area contributed by atoms with Crippen molar-refractivity contribution in [3.8, 4) is 17.2 Å². The van der Waals surface area contributed by atoms with E-state index >= 15 is 0 Å². The number of nitrogens with one attached hydrogen (secondary N) is 2. The topological polar surface area (TPSA) is 68.8 Å². The fourth-order valence-electron chi connectivity index (χ4n) is 2.34. The molecule has 0 saturated heterocycles. The van der Waals surface area contributed by atoms with E-state index in [-0.39, 0.29) is 12.5 Å². The standard InChI is InChI=1S/C18H20N2O4/c1-2-22-15-6-3-13(4-7-15)19-12-18(21)20-14-5-8-16-17(11-14)24-10-9-23-16/h3-8,11,19H,2,9-10,12H2,1H3,(H,20,21). The van der Waals surface area contributed by atoms with Gasteiger partial charge in [0.15, 0.2) is 11.5 Å². The van der Waals surface area contributed by atoms with Crippen molar-refractivity contribution in [1.82, 2.24) is 0 Å². The van der Waals surface area contributed by atoms with E-state index < -0.39 is 0 Å². The number of benzene rings is 2. The first-order valence-corrected chi connectivity index (χ1v) is 7.91. The summed E-state index contributed by atoms with van der Waals surface area (Å²) in [6, 6.07) is 12.8. The first kappa shape index (κ1) is 16.0. The molecule has 0 aromatic heterocycles. The van der Waals surface area contributed by atoms with Crippen LogP contribution in [0.15, 0.2) is 42.5 Å². The molecule has 3 rings (SSSR count). The lowest BCUT2D eigenvalue weighted by molar-refractivity contribution is -0.114. The van der Waals surface area contributed by atoms with Gasteiger partial charge >= 0.3 is 0 Å². The monoisotopic (exact) mass is 328 g/mol. The van der Waals surface area contributed by atoms with Gasteiger partial charge < -0.3 is 24.8 Å². The van der Waals surface area contributed by atoms with Crippen LogP contribution < -0.4 is 24.8 Å². The molecule has 1 heterocycles. The Hall–Kier alpha value is -2.89. The number of rotatable bonds is 6. The Morgan fingerprint density at radius 3 is 2.50 bits per heavy atom. The maximum atomic E-state index is 12.1. The summed E-state index contributed by atoms with van der Waals surface area (Å²) in [6.45, 7) is 3.80. The Labute approximate surface area is 140 Å². The highest BCUT2D eigenvalue weighted by Gasteiger charge is 2.12. The van der Waals surface area contributed by atoms with Gasteiger partial charge in [-0.3, -0.25) is 4.79 Å². The molecule has 2 aromatic carbocycles. The fourth-order valence-corrected chi connectivity index (χ4v) is 2.34. The molecule has 0 atom stereocenters. The molecule has 6 nitrogen and oxygen atoms in total. The third-order valence-electron chi connectivity index (χ3n) is 3.44. The third kappa shape index (κ3) is 4.10. The number of anilines is 2. The molecule has 0 aliphatic carbocycles. The molecule has 2 aromatic rings. The fraction of sp³-hybridized carbons (Fsp3) is 0.278. The number of fused-ring (bicyclic) bond motifs is 1. The van der Waals surface area contributed by atoms with Gasteiger partial charge in [0.1, 0.15) is 19.0 Å². The van der Waals surface area contributed by atoms with E-state index in [1.807, 2.05) is 31.2 Å². The Morgan fingerprint density at radius 1 is 1.04 bits per heavy atom. The highest BCUT2D eigenvalue weighted by Crippen LogP contribution is 2.32. The normalized spacial score (nSPS) is 12.4. The Kier molecular flexibility index (Phi) is 5.05. The van der Waals surface area contributed by atoms with Crippen molar-refractivity contribution >= 4 is 17.3 Å². The quantitative estimate of drug-likeness (QED) is 0.853. The van der Waals surface area contributed by atoms with Gasteiger partial charge in [0, 0.05) is 17.4 Å².